The van der Waals surface area contributed by atoms with E-state index in [0.29, 0.717) is 0 Å². The molecule has 94 valence electrons. The number of benzene rings is 1. The highest BCUT2D eigenvalue weighted by Gasteiger charge is 2.41. The molecule has 0 aromatic heterocycles. The lowest BCUT2D eigenvalue weighted by Gasteiger charge is -2.17. The lowest BCUT2D eigenvalue weighted by Crippen LogP contribution is -2.06. The monoisotopic (exact) mass is 231 g/mol. The first-order chi connectivity index (χ1) is 8.20. The van der Waals surface area contributed by atoms with Crippen molar-refractivity contribution in [3.05, 3.63) is 29.3 Å². The summed E-state index contributed by atoms with van der Waals surface area (Å²) in [6.07, 6.45) is 4.89. The number of rotatable bonds is 5. The van der Waals surface area contributed by atoms with Crippen LogP contribution >= 0.6 is 0 Å². The van der Waals surface area contributed by atoms with E-state index in [2.05, 4.69) is 50.8 Å². The second-order valence-corrected chi connectivity index (χ2v) is 5.31. The molecule has 2 atom stereocenters. The Morgan fingerprint density at radius 1 is 0.941 bits per heavy atom. The van der Waals surface area contributed by atoms with Crippen molar-refractivity contribution in [2.75, 3.05) is 4.90 Å². The first kappa shape index (κ1) is 12.5. The molecule has 2 rings (SSSR count). The lowest BCUT2D eigenvalue weighted by molar-refractivity contribution is 0.888. The lowest BCUT2D eigenvalue weighted by atomic mass is 10.00. The summed E-state index contributed by atoms with van der Waals surface area (Å²) < 4.78 is 0. The minimum atomic E-state index is 0.726. The highest BCUT2D eigenvalue weighted by Crippen LogP contribution is 2.40. The Labute approximate surface area is 106 Å². The third kappa shape index (κ3) is 2.34. The Kier molecular flexibility index (Phi) is 3.76. The van der Waals surface area contributed by atoms with Crippen molar-refractivity contribution in [2.24, 2.45) is 0 Å². The van der Waals surface area contributed by atoms with Crippen LogP contribution in [0.2, 0.25) is 0 Å². The summed E-state index contributed by atoms with van der Waals surface area (Å²) in [5, 5.41) is 0. The van der Waals surface area contributed by atoms with Gasteiger partial charge in [-0.1, -0.05) is 44.9 Å². The molecule has 1 aromatic carbocycles. The van der Waals surface area contributed by atoms with Crippen molar-refractivity contribution in [2.45, 2.75) is 65.5 Å². The van der Waals surface area contributed by atoms with E-state index >= 15 is 0 Å². The van der Waals surface area contributed by atoms with E-state index in [1.807, 2.05) is 0 Å². The molecular weight excluding hydrogens is 206 g/mol. The molecule has 0 bridgehead atoms. The second-order valence-electron chi connectivity index (χ2n) is 5.31. The van der Waals surface area contributed by atoms with Crippen molar-refractivity contribution in [3.63, 3.8) is 0 Å². The van der Waals surface area contributed by atoms with Crippen molar-refractivity contribution in [1.29, 1.82) is 0 Å². The molecule has 1 heterocycles. The molecule has 1 nitrogen and oxygen atoms in total. The van der Waals surface area contributed by atoms with Gasteiger partial charge in [0.1, 0.15) is 0 Å². The van der Waals surface area contributed by atoms with Gasteiger partial charge in [-0.3, -0.25) is 0 Å². The maximum atomic E-state index is 2.59. The number of nitrogens with zero attached hydrogens (tertiary/aromatic N) is 1. The molecular formula is C16H25N. The number of hydrogen-bond donors (Lipinski definition) is 0. The number of para-hydroxylation sites is 1. The third-order valence-corrected chi connectivity index (χ3v) is 3.99. The van der Waals surface area contributed by atoms with Crippen LogP contribution in [0.1, 0.15) is 51.7 Å². The van der Waals surface area contributed by atoms with Gasteiger partial charge in [-0.2, -0.15) is 0 Å². The van der Waals surface area contributed by atoms with Crippen LogP contribution in [-0.4, -0.2) is 12.1 Å². The van der Waals surface area contributed by atoms with E-state index in [0.717, 1.165) is 12.1 Å². The minimum Gasteiger partial charge on any atom is -0.362 e. The van der Waals surface area contributed by atoms with Crippen LogP contribution in [0.5, 0.6) is 0 Å². The summed E-state index contributed by atoms with van der Waals surface area (Å²) in [7, 11) is 0. The fourth-order valence-electron chi connectivity index (χ4n) is 2.83. The van der Waals surface area contributed by atoms with Gasteiger partial charge >= 0.3 is 0 Å². The topological polar surface area (TPSA) is 3.01 Å². The summed E-state index contributed by atoms with van der Waals surface area (Å²) in [5.74, 6) is 0. The third-order valence-electron chi connectivity index (χ3n) is 3.99. The van der Waals surface area contributed by atoms with Gasteiger partial charge in [-0.25, -0.2) is 0 Å². The van der Waals surface area contributed by atoms with Crippen molar-refractivity contribution < 1.29 is 0 Å². The Balaban J connectivity index is 2.36. The highest BCUT2D eigenvalue weighted by atomic mass is 15.3. The first-order valence-electron chi connectivity index (χ1n) is 7.09. The van der Waals surface area contributed by atoms with E-state index in [1.165, 1.54) is 25.7 Å². The Morgan fingerprint density at radius 3 is 1.76 bits per heavy atom. The van der Waals surface area contributed by atoms with Gasteiger partial charge in [0.2, 0.25) is 0 Å². The van der Waals surface area contributed by atoms with Gasteiger partial charge in [0.25, 0.3) is 0 Å². The molecule has 0 N–H and O–H groups in total. The zero-order chi connectivity index (χ0) is 12.4. The van der Waals surface area contributed by atoms with E-state index in [4.69, 9.17) is 0 Å². The standard InChI is InChI=1S/C16H25N/c1-5-8-14-10-7-11-15(9-6-2)16(14)17-12(3)13(17)4/h7,10-13H,5-6,8-9H2,1-4H3. The molecule has 1 fully saturated rings. The fourth-order valence-corrected chi connectivity index (χ4v) is 2.83. The van der Waals surface area contributed by atoms with Crippen LogP contribution < -0.4 is 4.90 Å². The largest absolute Gasteiger partial charge is 0.362 e. The molecule has 1 heteroatoms. The average Bonchev–Trinajstić information content (AvgIpc) is 2.88. The maximum absolute atomic E-state index is 2.59. The van der Waals surface area contributed by atoms with Gasteiger partial charge in [-0.15, -0.1) is 0 Å². The van der Waals surface area contributed by atoms with Crippen LogP contribution in [0.25, 0.3) is 0 Å². The molecule has 1 aromatic rings. The van der Waals surface area contributed by atoms with Crippen molar-refractivity contribution >= 4 is 5.69 Å². The van der Waals surface area contributed by atoms with E-state index in [9.17, 15) is 0 Å². The van der Waals surface area contributed by atoms with Crippen LogP contribution in [0.3, 0.4) is 0 Å². The molecule has 0 saturated carbocycles. The molecule has 0 spiro atoms. The average molecular weight is 231 g/mol. The molecule has 2 unspecified atom stereocenters. The highest BCUT2D eigenvalue weighted by molar-refractivity contribution is 5.66. The number of aryl methyl sites for hydroxylation is 2. The second kappa shape index (κ2) is 5.12. The van der Waals surface area contributed by atoms with Gasteiger partial charge in [0.15, 0.2) is 0 Å². The Hall–Kier alpha value is -0.980. The van der Waals surface area contributed by atoms with E-state index < -0.39 is 0 Å². The summed E-state index contributed by atoms with van der Waals surface area (Å²) in [4.78, 5) is 2.59. The van der Waals surface area contributed by atoms with Gasteiger partial charge < -0.3 is 4.90 Å². The maximum Gasteiger partial charge on any atom is 0.0466 e. The van der Waals surface area contributed by atoms with E-state index in [-0.39, 0.29) is 0 Å². The predicted octanol–water partition coefficient (Wildman–Crippen LogP) is 4.19. The molecule has 0 radical (unpaired) electrons. The van der Waals surface area contributed by atoms with Crippen LogP contribution in [0, 0.1) is 0 Å². The molecule has 1 aliphatic heterocycles. The number of anilines is 1. The predicted molar refractivity (Wildman–Crippen MR) is 75.8 cm³/mol. The zero-order valence-corrected chi connectivity index (χ0v) is 11.7. The zero-order valence-electron chi connectivity index (χ0n) is 11.7. The SMILES string of the molecule is CCCc1cccc(CCC)c1N1C(C)C1C. The van der Waals surface area contributed by atoms with Crippen molar-refractivity contribution in [1.82, 2.24) is 0 Å². The Bertz CT molecular complexity index is 351. The van der Waals surface area contributed by atoms with Crippen LogP contribution in [-0.2, 0) is 12.8 Å². The normalized spacial score (nSPS) is 22.9. The fraction of sp³-hybridized carbons (Fsp3) is 0.625. The molecule has 1 saturated heterocycles. The Morgan fingerprint density at radius 2 is 1.41 bits per heavy atom. The summed E-state index contributed by atoms with van der Waals surface area (Å²) >= 11 is 0. The van der Waals surface area contributed by atoms with Crippen LogP contribution in [0.4, 0.5) is 5.69 Å². The van der Waals surface area contributed by atoms with Gasteiger partial charge in [0.05, 0.1) is 0 Å². The molecule has 1 aliphatic rings. The smallest absolute Gasteiger partial charge is 0.0466 e. The quantitative estimate of drug-likeness (QED) is 0.687. The summed E-state index contributed by atoms with van der Waals surface area (Å²) in [6, 6.07) is 8.32. The summed E-state index contributed by atoms with van der Waals surface area (Å²) in [5.41, 5.74) is 4.65. The van der Waals surface area contributed by atoms with Crippen molar-refractivity contribution in [3.8, 4) is 0 Å². The number of hydrogen-bond acceptors (Lipinski definition) is 1. The van der Waals surface area contributed by atoms with Crippen LogP contribution in [0.15, 0.2) is 18.2 Å². The minimum absolute atomic E-state index is 0.726. The van der Waals surface area contributed by atoms with Gasteiger partial charge in [0, 0.05) is 17.8 Å². The van der Waals surface area contributed by atoms with Gasteiger partial charge in [-0.05, 0) is 37.8 Å². The molecule has 0 aliphatic carbocycles. The molecule has 0 amide bonds. The molecule has 17 heavy (non-hydrogen) atoms. The summed E-state index contributed by atoms with van der Waals surface area (Å²) in [6.45, 7) is 9.21. The van der Waals surface area contributed by atoms with E-state index in [1.54, 1.807) is 16.8 Å². The first-order valence-corrected chi connectivity index (χ1v) is 7.09.